The summed E-state index contributed by atoms with van der Waals surface area (Å²) in [5.41, 5.74) is -0.524. The van der Waals surface area contributed by atoms with Crippen molar-refractivity contribution < 1.29 is 14.3 Å². The van der Waals surface area contributed by atoms with E-state index < -0.39 is 11.7 Å². The average Bonchev–Trinajstić information content (AvgIpc) is 2.60. The van der Waals surface area contributed by atoms with Crippen molar-refractivity contribution in [3.05, 3.63) is 0 Å². The monoisotopic (exact) mass is 399 g/mol. The molecule has 0 aliphatic carbocycles. The molecule has 0 aromatic carbocycles. The third-order valence-corrected chi connectivity index (χ3v) is 4.03. The Morgan fingerprint density at radius 3 is 2.32 bits per heavy atom. The first-order chi connectivity index (χ1) is 13.1. The molecule has 0 saturated heterocycles. The van der Waals surface area contributed by atoms with Crippen LogP contribution >= 0.6 is 0 Å². The number of hydrogen-bond donors (Lipinski definition) is 4. The normalized spacial score (nSPS) is 14.0. The van der Waals surface area contributed by atoms with Crippen LogP contribution < -0.4 is 21.3 Å². The van der Waals surface area contributed by atoms with Gasteiger partial charge >= 0.3 is 6.09 Å². The second kappa shape index (κ2) is 14.1. The number of amides is 2. The number of unbranched alkanes of at least 4 members (excludes halogenated alkanes) is 1. The van der Waals surface area contributed by atoms with Crippen molar-refractivity contribution in [3.8, 4) is 0 Å². The molecule has 0 spiro atoms. The van der Waals surface area contributed by atoms with E-state index in [1.165, 1.54) is 0 Å². The zero-order valence-electron chi connectivity index (χ0n) is 18.8. The first-order valence-electron chi connectivity index (χ1n) is 10.3. The summed E-state index contributed by atoms with van der Waals surface area (Å²) in [4.78, 5) is 28.0. The highest BCUT2D eigenvalue weighted by atomic mass is 16.6. The third kappa shape index (κ3) is 14.1. The Balaban J connectivity index is 4.48. The summed E-state index contributed by atoms with van der Waals surface area (Å²) in [7, 11) is 1.69. The molecule has 0 rings (SSSR count). The quantitative estimate of drug-likeness (QED) is 0.316. The number of alkyl carbamates (subject to hydrolysis) is 1. The Labute approximate surface area is 170 Å². The van der Waals surface area contributed by atoms with Crippen molar-refractivity contribution in [2.45, 2.75) is 91.3 Å². The zero-order valence-corrected chi connectivity index (χ0v) is 18.8. The van der Waals surface area contributed by atoms with Crippen LogP contribution in [0.25, 0.3) is 0 Å². The number of guanidine groups is 1. The van der Waals surface area contributed by atoms with Gasteiger partial charge in [-0.05, 0) is 40.5 Å². The van der Waals surface area contributed by atoms with E-state index in [0.29, 0.717) is 25.5 Å². The molecule has 8 nitrogen and oxygen atoms in total. The summed E-state index contributed by atoms with van der Waals surface area (Å²) >= 11 is 0. The van der Waals surface area contributed by atoms with Gasteiger partial charge in [-0.15, -0.1) is 0 Å². The van der Waals surface area contributed by atoms with Gasteiger partial charge in [0.15, 0.2) is 5.96 Å². The smallest absolute Gasteiger partial charge is 0.407 e. The van der Waals surface area contributed by atoms with Crippen molar-refractivity contribution in [3.63, 3.8) is 0 Å². The summed E-state index contributed by atoms with van der Waals surface area (Å²) in [6.07, 6.45) is 3.84. The topological polar surface area (TPSA) is 104 Å². The lowest BCUT2D eigenvalue weighted by Gasteiger charge is -2.24. The minimum atomic E-state index is -0.524. The fourth-order valence-electron chi connectivity index (χ4n) is 2.33. The average molecular weight is 400 g/mol. The van der Waals surface area contributed by atoms with Crippen molar-refractivity contribution in [1.29, 1.82) is 0 Å². The van der Waals surface area contributed by atoms with Crippen molar-refractivity contribution in [2.24, 2.45) is 4.99 Å². The predicted octanol–water partition coefficient (Wildman–Crippen LogP) is 2.54. The molecule has 0 aromatic heterocycles. The molecule has 0 bridgehead atoms. The van der Waals surface area contributed by atoms with Crippen LogP contribution in [0.4, 0.5) is 4.79 Å². The maximum absolute atomic E-state index is 11.9. The highest BCUT2D eigenvalue weighted by Gasteiger charge is 2.18. The number of hydrogen-bond acceptors (Lipinski definition) is 4. The van der Waals surface area contributed by atoms with Crippen LogP contribution in [0, 0.1) is 0 Å². The second-order valence-electron chi connectivity index (χ2n) is 7.99. The number of aliphatic imine (C=N–C) groups is 1. The van der Waals surface area contributed by atoms with Crippen LogP contribution in [0.15, 0.2) is 4.99 Å². The van der Waals surface area contributed by atoms with E-state index in [9.17, 15) is 9.59 Å². The van der Waals surface area contributed by atoms with Crippen LogP contribution in [0.5, 0.6) is 0 Å². The van der Waals surface area contributed by atoms with Gasteiger partial charge < -0.3 is 26.0 Å². The zero-order chi connectivity index (χ0) is 21.6. The van der Waals surface area contributed by atoms with Crippen LogP contribution in [0.3, 0.4) is 0 Å². The van der Waals surface area contributed by atoms with E-state index in [1.54, 1.807) is 7.05 Å². The molecule has 8 heteroatoms. The molecule has 0 aliphatic rings. The van der Waals surface area contributed by atoms with E-state index in [0.717, 1.165) is 25.7 Å². The molecule has 2 amide bonds. The number of rotatable bonds is 11. The minimum Gasteiger partial charge on any atom is -0.444 e. The van der Waals surface area contributed by atoms with Crippen molar-refractivity contribution >= 4 is 18.0 Å². The van der Waals surface area contributed by atoms with E-state index in [-0.39, 0.29) is 18.0 Å². The van der Waals surface area contributed by atoms with Gasteiger partial charge in [0.25, 0.3) is 0 Å². The maximum Gasteiger partial charge on any atom is 0.407 e. The molecular weight excluding hydrogens is 358 g/mol. The standard InChI is InChI=1S/C20H41N5O3/c1-8-10-11-16(14-23-19(27)28-20(4,5)6)25-18(21-7)22-13-12-17(26)24-15(3)9-2/h15-16H,8-14H2,1-7H3,(H,23,27)(H,24,26)(H2,21,22,25). The lowest BCUT2D eigenvalue weighted by molar-refractivity contribution is -0.121. The van der Waals surface area contributed by atoms with Gasteiger partial charge in [-0.1, -0.05) is 26.7 Å². The Kier molecular flexibility index (Phi) is 13.1. The molecule has 0 heterocycles. The minimum absolute atomic E-state index is 0.0198. The number of nitrogens with zero attached hydrogens (tertiary/aromatic N) is 1. The summed E-state index contributed by atoms with van der Waals surface area (Å²) in [5.74, 6) is 0.634. The lowest BCUT2D eigenvalue weighted by Crippen LogP contribution is -2.49. The van der Waals surface area contributed by atoms with Gasteiger partial charge in [-0.25, -0.2) is 4.79 Å². The van der Waals surface area contributed by atoms with Crippen LogP contribution in [-0.4, -0.2) is 55.8 Å². The highest BCUT2D eigenvalue weighted by molar-refractivity contribution is 5.81. The number of nitrogens with one attached hydrogen (secondary N) is 4. The molecule has 4 N–H and O–H groups in total. The summed E-state index contributed by atoms with van der Waals surface area (Å²) in [6, 6.07) is 0.204. The number of ether oxygens (including phenoxy) is 1. The molecule has 2 unspecified atom stereocenters. The van der Waals surface area contributed by atoms with Gasteiger partial charge in [0.1, 0.15) is 5.60 Å². The number of carbonyl (C=O) groups is 2. The summed E-state index contributed by atoms with van der Waals surface area (Å²) in [6.45, 7) is 12.6. The van der Waals surface area contributed by atoms with Crippen LogP contribution in [0.2, 0.25) is 0 Å². The van der Waals surface area contributed by atoms with Gasteiger partial charge in [0, 0.05) is 38.6 Å². The van der Waals surface area contributed by atoms with Crippen molar-refractivity contribution in [2.75, 3.05) is 20.1 Å². The van der Waals surface area contributed by atoms with E-state index >= 15 is 0 Å². The predicted molar refractivity (Wildman–Crippen MR) is 115 cm³/mol. The third-order valence-electron chi connectivity index (χ3n) is 4.03. The van der Waals surface area contributed by atoms with E-state index in [1.807, 2.05) is 34.6 Å². The highest BCUT2D eigenvalue weighted by Crippen LogP contribution is 2.07. The molecule has 0 radical (unpaired) electrons. The van der Waals surface area contributed by atoms with Gasteiger partial charge in [0.05, 0.1) is 0 Å². The fraction of sp³-hybridized carbons (Fsp3) is 0.850. The molecule has 0 fully saturated rings. The maximum atomic E-state index is 11.9. The Hall–Kier alpha value is -1.99. The molecule has 0 aliphatic heterocycles. The Morgan fingerprint density at radius 1 is 1.11 bits per heavy atom. The summed E-state index contributed by atoms with van der Waals surface area (Å²) < 4.78 is 5.29. The number of carbonyl (C=O) groups excluding carboxylic acids is 2. The van der Waals surface area contributed by atoms with Gasteiger partial charge in [-0.3, -0.25) is 9.79 Å². The first kappa shape index (κ1) is 26.0. The second-order valence-corrected chi connectivity index (χ2v) is 7.99. The van der Waals surface area contributed by atoms with E-state index in [4.69, 9.17) is 4.74 Å². The SMILES string of the molecule is CCCCC(CNC(=O)OC(C)(C)C)NC(=NC)NCCC(=O)NC(C)CC. The van der Waals surface area contributed by atoms with Gasteiger partial charge in [-0.2, -0.15) is 0 Å². The fourth-order valence-corrected chi connectivity index (χ4v) is 2.33. The lowest BCUT2D eigenvalue weighted by atomic mass is 10.1. The molecule has 2 atom stereocenters. The first-order valence-corrected chi connectivity index (χ1v) is 10.3. The molecule has 28 heavy (non-hydrogen) atoms. The Morgan fingerprint density at radius 2 is 1.79 bits per heavy atom. The molecule has 0 saturated carbocycles. The van der Waals surface area contributed by atoms with Crippen molar-refractivity contribution in [1.82, 2.24) is 21.3 Å². The van der Waals surface area contributed by atoms with Crippen LogP contribution in [0.1, 0.15) is 73.6 Å². The van der Waals surface area contributed by atoms with E-state index in [2.05, 4.69) is 33.2 Å². The van der Waals surface area contributed by atoms with Crippen LogP contribution in [-0.2, 0) is 9.53 Å². The molecular formula is C20H41N5O3. The Bertz CT molecular complexity index is 489. The molecule has 164 valence electrons. The van der Waals surface area contributed by atoms with Gasteiger partial charge in [0.2, 0.25) is 5.91 Å². The largest absolute Gasteiger partial charge is 0.444 e. The molecule has 0 aromatic rings. The summed E-state index contributed by atoms with van der Waals surface area (Å²) in [5, 5.41) is 12.2.